The molecule has 2 N–H and O–H groups in total. The third-order valence-electron chi connectivity index (χ3n) is 1.79. The van der Waals surface area contributed by atoms with Gasteiger partial charge in [0.25, 0.3) is 0 Å². The molecule has 1 aromatic rings. The van der Waals surface area contributed by atoms with Crippen molar-refractivity contribution < 1.29 is 0 Å². The quantitative estimate of drug-likeness (QED) is 0.929. The molecule has 1 rings (SSSR count). The van der Waals surface area contributed by atoms with Crippen molar-refractivity contribution in [2.24, 2.45) is 5.73 Å². The third-order valence-corrected chi connectivity index (χ3v) is 2.86. The van der Waals surface area contributed by atoms with Gasteiger partial charge in [-0.05, 0) is 44.3 Å². The molecule has 0 aliphatic heterocycles. The van der Waals surface area contributed by atoms with Gasteiger partial charge in [0.2, 0.25) is 0 Å². The van der Waals surface area contributed by atoms with Gasteiger partial charge in [-0.25, -0.2) is 0 Å². The van der Waals surface area contributed by atoms with Crippen LogP contribution in [0.15, 0.2) is 21.2 Å². The lowest BCUT2D eigenvalue weighted by Crippen LogP contribution is -2.12. The second-order valence-corrected chi connectivity index (χ2v) is 4.69. The molecule has 0 saturated heterocycles. The van der Waals surface area contributed by atoms with Crippen molar-refractivity contribution in [3.63, 3.8) is 0 Å². The number of hydrogen-bond donors (Lipinski definition) is 1. The van der Waals surface area contributed by atoms with Crippen LogP contribution in [0.5, 0.6) is 0 Å². The molecule has 0 amide bonds. The minimum atomic E-state index is 0.0347. The Bertz CT molecular complexity index is 289. The van der Waals surface area contributed by atoms with Crippen LogP contribution >= 0.6 is 31.9 Å². The van der Waals surface area contributed by atoms with Crippen LogP contribution in [0.25, 0.3) is 0 Å². The molecule has 1 aromatic heterocycles. The first-order valence-corrected chi connectivity index (χ1v) is 5.80. The van der Waals surface area contributed by atoms with E-state index in [9.17, 15) is 0 Å². The van der Waals surface area contributed by atoms with E-state index in [1.807, 2.05) is 6.07 Å². The molecule has 0 spiro atoms. The summed E-state index contributed by atoms with van der Waals surface area (Å²) in [5.74, 6) is 0. The molecule has 2 nitrogen and oxygen atoms in total. The van der Waals surface area contributed by atoms with Gasteiger partial charge < -0.3 is 5.73 Å². The maximum absolute atomic E-state index is 5.95. The predicted molar refractivity (Wildman–Crippen MR) is 61.5 cm³/mol. The van der Waals surface area contributed by atoms with Crippen LogP contribution in [-0.4, -0.2) is 4.98 Å². The summed E-state index contributed by atoms with van der Waals surface area (Å²) >= 11 is 6.80. The topological polar surface area (TPSA) is 38.9 Å². The lowest BCUT2D eigenvalue weighted by atomic mass is 10.1. The maximum Gasteiger partial charge on any atom is 0.0713 e. The van der Waals surface area contributed by atoms with Crippen LogP contribution in [0.4, 0.5) is 0 Å². The summed E-state index contributed by atoms with van der Waals surface area (Å²) in [6.45, 7) is 2.12. The average molecular weight is 308 g/mol. The summed E-state index contributed by atoms with van der Waals surface area (Å²) in [5.41, 5.74) is 6.88. The Morgan fingerprint density at radius 1 is 1.54 bits per heavy atom. The van der Waals surface area contributed by atoms with Gasteiger partial charge in [-0.1, -0.05) is 13.3 Å². The smallest absolute Gasteiger partial charge is 0.0713 e. The molecule has 0 saturated carbocycles. The maximum atomic E-state index is 5.95. The Balaban J connectivity index is 2.88. The standard InChI is InChI=1S/C9H12Br2N2/c1-2-3-8(12)9-7(11)4-6(10)5-13-9/h4-5,8H,2-3,12H2,1H3/t8-/m0/s1. The Hall–Kier alpha value is 0.0700. The zero-order chi connectivity index (χ0) is 9.84. The number of nitrogens with two attached hydrogens (primary N) is 1. The van der Waals surface area contributed by atoms with Crippen LogP contribution in [0.3, 0.4) is 0 Å². The second-order valence-electron chi connectivity index (χ2n) is 2.92. The van der Waals surface area contributed by atoms with Gasteiger partial charge in [0.1, 0.15) is 0 Å². The minimum Gasteiger partial charge on any atom is -0.323 e. The first-order valence-electron chi connectivity index (χ1n) is 4.21. The van der Waals surface area contributed by atoms with E-state index in [4.69, 9.17) is 5.73 Å². The van der Waals surface area contributed by atoms with E-state index in [1.165, 1.54) is 0 Å². The first kappa shape index (κ1) is 11.1. The van der Waals surface area contributed by atoms with Gasteiger partial charge in [0.05, 0.1) is 5.69 Å². The lowest BCUT2D eigenvalue weighted by molar-refractivity contribution is 0.618. The van der Waals surface area contributed by atoms with E-state index in [1.54, 1.807) is 6.20 Å². The van der Waals surface area contributed by atoms with Crippen molar-refractivity contribution in [2.45, 2.75) is 25.8 Å². The van der Waals surface area contributed by atoms with E-state index < -0.39 is 0 Å². The Labute approximate surface area is 95.2 Å². The van der Waals surface area contributed by atoms with Gasteiger partial charge in [-0.15, -0.1) is 0 Å². The Kier molecular flexibility index (Phi) is 4.35. The summed E-state index contributed by atoms with van der Waals surface area (Å²) in [4.78, 5) is 4.28. The zero-order valence-corrected chi connectivity index (χ0v) is 10.6. The fourth-order valence-electron chi connectivity index (χ4n) is 1.15. The molecule has 0 radical (unpaired) electrons. The van der Waals surface area contributed by atoms with Crippen molar-refractivity contribution >= 4 is 31.9 Å². The number of aromatic nitrogens is 1. The fraction of sp³-hybridized carbons (Fsp3) is 0.444. The summed E-state index contributed by atoms with van der Waals surface area (Å²) in [5, 5.41) is 0. The monoisotopic (exact) mass is 306 g/mol. The molecule has 0 fully saturated rings. The molecule has 1 heterocycles. The molecule has 4 heteroatoms. The molecular weight excluding hydrogens is 296 g/mol. The molecule has 13 heavy (non-hydrogen) atoms. The average Bonchev–Trinajstić information content (AvgIpc) is 2.04. The number of pyridine rings is 1. The van der Waals surface area contributed by atoms with E-state index >= 15 is 0 Å². The molecule has 1 atom stereocenters. The van der Waals surface area contributed by atoms with E-state index in [-0.39, 0.29) is 6.04 Å². The van der Waals surface area contributed by atoms with Gasteiger partial charge >= 0.3 is 0 Å². The van der Waals surface area contributed by atoms with Crippen molar-refractivity contribution in [3.05, 3.63) is 26.9 Å². The SMILES string of the molecule is CCC[C@H](N)c1ncc(Br)cc1Br. The summed E-state index contributed by atoms with van der Waals surface area (Å²) in [6.07, 6.45) is 3.81. The molecular formula is C9H12Br2N2. The number of hydrogen-bond acceptors (Lipinski definition) is 2. The molecule has 0 aromatic carbocycles. The number of rotatable bonds is 3. The Morgan fingerprint density at radius 3 is 2.77 bits per heavy atom. The molecule has 0 unspecified atom stereocenters. The summed E-state index contributed by atoms with van der Waals surface area (Å²) < 4.78 is 1.94. The summed E-state index contributed by atoms with van der Waals surface area (Å²) in [6, 6.07) is 2.00. The van der Waals surface area contributed by atoms with Gasteiger partial charge in [0.15, 0.2) is 0 Å². The van der Waals surface area contributed by atoms with Crippen molar-refractivity contribution in [1.29, 1.82) is 0 Å². The largest absolute Gasteiger partial charge is 0.323 e. The van der Waals surface area contributed by atoms with Crippen LogP contribution in [0.1, 0.15) is 31.5 Å². The van der Waals surface area contributed by atoms with Crippen molar-refractivity contribution in [2.75, 3.05) is 0 Å². The highest BCUT2D eigenvalue weighted by molar-refractivity contribution is 9.11. The Morgan fingerprint density at radius 2 is 2.23 bits per heavy atom. The van der Waals surface area contributed by atoms with Crippen molar-refractivity contribution in [1.82, 2.24) is 4.98 Å². The molecule has 0 aliphatic rings. The second kappa shape index (κ2) is 5.08. The first-order chi connectivity index (χ1) is 6.15. The summed E-state index contributed by atoms with van der Waals surface area (Å²) in [7, 11) is 0. The van der Waals surface area contributed by atoms with Crippen LogP contribution in [0.2, 0.25) is 0 Å². The van der Waals surface area contributed by atoms with Crippen LogP contribution in [0, 0.1) is 0 Å². The normalized spacial score (nSPS) is 12.9. The number of halogens is 2. The molecule has 72 valence electrons. The van der Waals surface area contributed by atoms with E-state index in [0.717, 1.165) is 27.5 Å². The highest BCUT2D eigenvalue weighted by Gasteiger charge is 2.10. The van der Waals surface area contributed by atoms with Gasteiger partial charge in [0, 0.05) is 21.2 Å². The highest BCUT2D eigenvalue weighted by atomic mass is 79.9. The van der Waals surface area contributed by atoms with E-state index in [0.29, 0.717) is 0 Å². The van der Waals surface area contributed by atoms with Gasteiger partial charge in [-0.2, -0.15) is 0 Å². The third kappa shape index (κ3) is 3.04. The fourth-order valence-corrected chi connectivity index (χ4v) is 2.43. The number of nitrogens with zero attached hydrogens (tertiary/aromatic N) is 1. The van der Waals surface area contributed by atoms with Crippen LogP contribution < -0.4 is 5.73 Å². The highest BCUT2D eigenvalue weighted by Crippen LogP contribution is 2.25. The molecule has 0 aliphatic carbocycles. The van der Waals surface area contributed by atoms with E-state index in [2.05, 4.69) is 43.8 Å². The van der Waals surface area contributed by atoms with Crippen molar-refractivity contribution in [3.8, 4) is 0 Å². The zero-order valence-electron chi connectivity index (χ0n) is 7.43. The minimum absolute atomic E-state index is 0.0347. The van der Waals surface area contributed by atoms with Crippen LogP contribution in [-0.2, 0) is 0 Å². The molecule has 0 bridgehead atoms. The van der Waals surface area contributed by atoms with Gasteiger partial charge in [-0.3, -0.25) is 4.98 Å². The lowest BCUT2D eigenvalue weighted by Gasteiger charge is -2.11. The predicted octanol–water partition coefficient (Wildman–Crippen LogP) is 3.41.